The Morgan fingerprint density at radius 2 is 1.80 bits per heavy atom. The van der Waals surface area contributed by atoms with Gasteiger partial charge in [-0.1, -0.05) is 38.1 Å². The molecule has 2 unspecified atom stereocenters. The van der Waals surface area contributed by atoms with Gasteiger partial charge in [-0.3, -0.25) is 9.59 Å². The fourth-order valence-corrected chi connectivity index (χ4v) is 2.05. The molecule has 0 saturated carbocycles. The number of rotatable bonds is 6. The average Bonchev–Trinajstić information content (AvgIpc) is 2.44. The molecule has 0 aliphatic heterocycles. The first kappa shape index (κ1) is 16.2. The van der Waals surface area contributed by atoms with E-state index in [1.165, 1.54) is 0 Å². The Kier molecular flexibility index (Phi) is 5.74. The smallest absolute Gasteiger partial charge is 0.307 e. The number of carboxylic acid groups (broad SMARTS) is 1. The van der Waals surface area contributed by atoms with Crippen molar-refractivity contribution in [1.82, 2.24) is 4.90 Å². The zero-order valence-electron chi connectivity index (χ0n) is 12.6. The second-order valence-corrected chi connectivity index (χ2v) is 5.19. The molecule has 0 bridgehead atoms. The number of carboxylic acids is 1. The van der Waals surface area contributed by atoms with Gasteiger partial charge in [0.25, 0.3) is 0 Å². The summed E-state index contributed by atoms with van der Waals surface area (Å²) >= 11 is 0. The van der Waals surface area contributed by atoms with Gasteiger partial charge >= 0.3 is 5.97 Å². The molecular weight excluding hydrogens is 254 g/mol. The minimum Gasteiger partial charge on any atom is -0.481 e. The van der Waals surface area contributed by atoms with Crippen LogP contribution in [0.25, 0.3) is 0 Å². The van der Waals surface area contributed by atoms with E-state index in [9.17, 15) is 9.59 Å². The van der Waals surface area contributed by atoms with Crippen molar-refractivity contribution in [3.05, 3.63) is 35.4 Å². The summed E-state index contributed by atoms with van der Waals surface area (Å²) in [7, 11) is 0. The Labute approximate surface area is 120 Å². The molecule has 0 aliphatic rings. The van der Waals surface area contributed by atoms with Crippen molar-refractivity contribution in [3.63, 3.8) is 0 Å². The second-order valence-electron chi connectivity index (χ2n) is 5.19. The minimum absolute atomic E-state index is 0.106. The van der Waals surface area contributed by atoms with Gasteiger partial charge in [-0.15, -0.1) is 0 Å². The number of hydrogen-bond donors (Lipinski definition) is 1. The van der Waals surface area contributed by atoms with E-state index >= 15 is 0 Å². The quantitative estimate of drug-likeness (QED) is 0.869. The molecule has 1 rings (SSSR count). The molecule has 4 heteroatoms. The fourth-order valence-electron chi connectivity index (χ4n) is 2.05. The van der Waals surface area contributed by atoms with Gasteiger partial charge in [0, 0.05) is 19.0 Å². The molecule has 0 saturated heterocycles. The molecule has 0 radical (unpaired) electrons. The number of carbonyl (C=O) groups is 2. The topological polar surface area (TPSA) is 57.6 Å². The van der Waals surface area contributed by atoms with Crippen molar-refractivity contribution in [2.75, 3.05) is 6.54 Å². The van der Waals surface area contributed by atoms with Gasteiger partial charge in [0.2, 0.25) is 5.91 Å². The summed E-state index contributed by atoms with van der Waals surface area (Å²) in [6, 6.07) is 7.92. The number of amides is 1. The highest BCUT2D eigenvalue weighted by Gasteiger charge is 2.28. The molecule has 4 nitrogen and oxygen atoms in total. The van der Waals surface area contributed by atoms with Crippen LogP contribution in [-0.2, 0) is 16.1 Å². The van der Waals surface area contributed by atoms with E-state index in [0.29, 0.717) is 13.1 Å². The van der Waals surface area contributed by atoms with Gasteiger partial charge in [-0.05, 0) is 25.0 Å². The number of hydrogen-bond acceptors (Lipinski definition) is 2. The van der Waals surface area contributed by atoms with Crippen molar-refractivity contribution in [2.24, 2.45) is 11.8 Å². The van der Waals surface area contributed by atoms with Crippen molar-refractivity contribution in [1.29, 1.82) is 0 Å². The molecule has 1 aromatic rings. The summed E-state index contributed by atoms with van der Waals surface area (Å²) in [5.41, 5.74) is 2.23. The van der Waals surface area contributed by atoms with Gasteiger partial charge in [0.05, 0.1) is 5.92 Å². The summed E-state index contributed by atoms with van der Waals surface area (Å²) in [5.74, 6) is -2.23. The molecule has 1 amide bonds. The van der Waals surface area contributed by atoms with Crippen molar-refractivity contribution < 1.29 is 14.7 Å². The third-order valence-corrected chi connectivity index (χ3v) is 3.84. The Bertz CT molecular complexity index is 484. The van der Waals surface area contributed by atoms with E-state index in [4.69, 9.17) is 5.11 Å². The molecule has 1 aromatic carbocycles. The van der Waals surface area contributed by atoms with Crippen molar-refractivity contribution in [2.45, 2.75) is 34.2 Å². The molecule has 1 N–H and O–H groups in total. The lowest BCUT2D eigenvalue weighted by Crippen LogP contribution is -2.38. The first-order chi connectivity index (χ1) is 9.38. The predicted molar refractivity (Wildman–Crippen MR) is 78.2 cm³/mol. The van der Waals surface area contributed by atoms with Gasteiger partial charge in [0.1, 0.15) is 0 Å². The van der Waals surface area contributed by atoms with E-state index in [0.717, 1.165) is 11.1 Å². The highest BCUT2D eigenvalue weighted by molar-refractivity contribution is 5.84. The van der Waals surface area contributed by atoms with Crippen molar-refractivity contribution in [3.8, 4) is 0 Å². The first-order valence-corrected chi connectivity index (χ1v) is 6.94. The Morgan fingerprint density at radius 1 is 1.20 bits per heavy atom. The summed E-state index contributed by atoms with van der Waals surface area (Å²) < 4.78 is 0. The van der Waals surface area contributed by atoms with Crippen molar-refractivity contribution >= 4 is 11.9 Å². The Balaban J connectivity index is 2.83. The largest absolute Gasteiger partial charge is 0.481 e. The van der Waals surface area contributed by atoms with Crippen LogP contribution in [0.15, 0.2) is 24.3 Å². The molecular formula is C16H23NO3. The van der Waals surface area contributed by atoms with Crippen LogP contribution in [0.2, 0.25) is 0 Å². The van der Waals surface area contributed by atoms with E-state index in [1.54, 1.807) is 18.7 Å². The first-order valence-electron chi connectivity index (χ1n) is 6.94. The number of benzene rings is 1. The SMILES string of the molecule is CCN(Cc1ccccc1C)C(=O)C(C)C(C)C(=O)O. The summed E-state index contributed by atoms with van der Waals surface area (Å²) in [4.78, 5) is 25.1. The summed E-state index contributed by atoms with van der Waals surface area (Å²) in [6.45, 7) is 8.28. The molecule has 0 spiro atoms. The molecule has 0 fully saturated rings. The molecule has 20 heavy (non-hydrogen) atoms. The number of aliphatic carboxylic acids is 1. The highest BCUT2D eigenvalue weighted by Crippen LogP contribution is 2.17. The maximum Gasteiger partial charge on any atom is 0.307 e. The standard InChI is InChI=1S/C16H23NO3/c1-5-17(10-14-9-7-6-8-11(14)2)15(18)12(3)13(4)16(19)20/h6-9,12-13H,5,10H2,1-4H3,(H,19,20). The monoisotopic (exact) mass is 277 g/mol. The van der Waals surface area contributed by atoms with E-state index in [-0.39, 0.29) is 5.91 Å². The van der Waals surface area contributed by atoms with Crippen LogP contribution in [0.1, 0.15) is 31.9 Å². The lowest BCUT2D eigenvalue weighted by molar-refractivity contribution is -0.149. The maximum absolute atomic E-state index is 12.4. The second kappa shape index (κ2) is 7.08. The molecule has 0 aromatic heterocycles. The van der Waals surface area contributed by atoms with Crippen LogP contribution in [0.3, 0.4) is 0 Å². The lowest BCUT2D eigenvalue weighted by Gasteiger charge is -2.26. The summed E-state index contributed by atoms with van der Waals surface area (Å²) in [5, 5.41) is 9.02. The third-order valence-electron chi connectivity index (χ3n) is 3.84. The Morgan fingerprint density at radius 3 is 2.30 bits per heavy atom. The van der Waals surface area contributed by atoms with Gasteiger partial charge < -0.3 is 10.0 Å². The number of carbonyl (C=O) groups excluding carboxylic acids is 1. The molecule has 2 atom stereocenters. The normalized spacial score (nSPS) is 13.6. The molecule has 0 aliphatic carbocycles. The third kappa shape index (κ3) is 3.83. The van der Waals surface area contributed by atoms with Crippen LogP contribution in [0, 0.1) is 18.8 Å². The van der Waals surface area contributed by atoms with Crippen LogP contribution in [0.4, 0.5) is 0 Å². The van der Waals surface area contributed by atoms with E-state index in [1.807, 2.05) is 38.1 Å². The van der Waals surface area contributed by atoms with Crippen LogP contribution in [-0.4, -0.2) is 28.4 Å². The minimum atomic E-state index is -0.933. The van der Waals surface area contributed by atoms with Gasteiger partial charge in [-0.25, -0.2) is 0 Å². The number of nitrogens with zero attached hydrogens (tertiary/aromatic N) is 1. The van der Waals surface area contributed by atoms with E-state index in [2.05, 4.69) is 0 Å². The number of aryl methyl sites for hydroxylation is 1. The zero-order valence-corrected chi connectivity index (χ0v) is 12.6. The van der Waals surface area contributed by atoms with Gasteiger partial charge in [0.15, 0.2) is 0 Å². The Hall–Kier alpha value is -1.84. The maximum atomic E-state index is 12.4. The molecule has 0 heterocycles. The van der Waals surface area contributed by atoms with Gasteiger partial charge in [-0.2, -0.15) is 0 Å². The van der Waals surface area contributed by atoms with Crippen LogP contribution in [0.5, 0.6) is 0 Å². The van der Waals surface area contributed by atoms with E-state index < -0.39 is 17.8 Å². The molecule has 110 valence electrons. The van der Waals surface area contributed by atoms with Crippen LogP contribution < -0.4 is 0 Å². The predicted octanol–water partition coefficient (Wildman–Crippen LogP) is 2.70. The van der Waals surface area contributed by atoms with Crippen LogP contribution >= 0.6 is 0 Å². The highest BCUT2D eigenvalue weighted by atomic mass is 16.4. The lowest BCUT2D eigenvalue weighted by atomic mass is 9.94. The zero-order chi connectivity index (χ0) is 15.3. The fraction of sp³-hybridized carbons (Fsp3) is 0.500. The average molecular weight is 277 g/mol. The summed E-state index contributed by atoms with van der Waals surface area (Å²) in [6.07, 6.45) is 0.